The van der Waals surface area contributed by atoms with E-state index < -0.39 is 15.7 Å². The Labute approximate surface area is 140 Å². The Kier molecular flexibility index (Phi) is 5.55. The number of amides is 1. The summed E-state index contributed by atoms with van der Waals surface area (Å²) >= 11 is 0. The summed E-state index contributed by atoms with van der Waals surface area (Å²) in [5.74, 6) is -0.182. The minimum absolute atomic E-state index is 0.00175. The highest BCUT2D eigenvalue weighted by atomic mass is 32.2. The molecular formula is C17H16N2O4S. The van der Waals surface area contributed by atoms with Gasteiger partial charge in [-0.05, 0) is 24.3 Å². The van der Waals surface area contributed by atoms with Crippen LogP contribution in [0.3, 0.4) is 0 Å². The molecule has 0 atom stereocenters. The van der Waals surface area contributed by atoms with E-state index >= 15 is 0 Å². The van der Waals surface area contributed by atoms with E-state index in [1.54, 1.807) is 36.4 Å². The summed E-state index contributed by atoms with van der Waals surface area (Å²) in [6.45, 7) is 1.43. The van der Waals surface area contributed by atoms with Gasteiger partial charge in [0.25, 0.3) is 5.91 Å². The molecule has 1 amide bonds. The molecular weight excluding hydrogens is 328 g/mol. The molecule has 0 spiro atoms. The minimum Gasteiger partial charge on any atom is -0.479 e. The lowest BCUT2D eigenvalue weighted by Gasteiger charge is -2.11. The number of benzene rings is 2. The first-order chi connectivity index (χ1) is 11.5. The molecule has 0 bridgehead atoms. The first-order valence-electron chi connectivity index (χ1n) is 7.21. The van der Waals surface area contributed by atoms with Crippen LogP contribution >= 0.6 is 0 Å². The van der Waals surface area contributed by atoms with E-state index in [1.807, 2.05) is 6.07 Å². The van der Waals surface area contributed by atoms with Crippen LogP contribution in [0.25, 0.3) is 0 Å². The van der Waals surface area contributed by atoms with Gasteiger partial charge in [0.1, 0.15) is 11.8 Å². The minimum atomic E-state index is -3.51. The molecule has 0 aromatic heterocycles. The Morgan fingerprint density at radius 3 is 2.67 bits per heavy atom. The standard InChI is InChI=1S/C17H16N2O4S/c1-2-24(21,22)16-9-4-3-8-15(16)17(20)19-13-6-5-7-14(12-13)23-11-10-18/h3-9,12H,2,11H2,1H3,(H,19,20). The molecule has 24 heavy (non-hydrogen) atoms. The van der Waals surface area contributed by atoms with Gasteiger partial charge in [0.15, 0.2) is 16.4 Å². The molecule has 0 saturated carbocycles. The van der Waals surface area contributed by atoms with Crippen LogP contribution in [0.4, 0.5) is 5.69 Å². The van der Waals surface area contributed by atoms with E-state index in [2.05, 4.69) is 5.32 Å². The Balaban J connectivity index is 2.27. The fourth-order valence-corrected chi connectivity index (χ4v) is 3.15. The maximum atomic E-state index is 12.5. The molecule has 0 aliphatic rings. The molecule has 6 nitrogen and oxygen atoms in total. The third kappa shape index (κ3) is 4.12. The smallest absolute Gasteiger partial charge is 0.256 e. The lowest BCUT2D eigenvalue weighted by Crippen LogP contribution is -2.17. The van der Waals surface area contributed by atoms with Crippen LogP contribution in [0.5, 0.6) is 5.75 Å². The molecule has 1 N–H and O–H groups in total. The number of hydrogen-bond acceptors (Lipinski definition) is 5. The number of carbonyl (C=O) groups excluding carboxylic acids is 1. The summed E-state index contributed by atoms with van der Waals surface area (Å²) in [6.07, 6.45) is 0. The van der Waals surface area contributed by atoms with Crippen LogP contribution in [0.1, 0.15) is 17.3 Å². The van der Waals surface area contributed by atoms with Gasteiger partial charge >= 0.3 is 0 Å². The number of anilines is 1. The lowest BCUT2D eigenvalue weighted by atomic mass is 10.2. The fourth-order valence-electron chi connectivity index (χ4n) is 2.06. The van der Waals surface area contributed by atoms with Crippen LogP contribution < -0.4 is 10.1 Å². The topological polar surface area (TPSA) is 96.3 Å². The first-order valence-corrected chi connectivity index (χ1v) is 8.86. The predicted molar refractivity (Wildman–Crippen MR) is 89.7 cm³/mol. The SMILES string of the molecule is CCS(=O)(=O)c1ccccc1C(=O)Nc1cccc(OCC#N)c1. The van der Waals surface area contributed by atoms with Crippen molar-refractivity contribution in [1.29, 1.82) is 5.26 Å². The van der Waals surface area contributed by atoms with Crippen LogP contribution in [-0.2, 0) is 9.84 Å². The van der Waals surface area contributed by atoms with Gasteiger partial charge in [-0.1, -0.05) is 25.1 Å². The Bertz CT molecular complexity index is 885. The van der Waals surface area contributed by atoms with Crippen LogP contribution in [-0.4, -0.2) is 26.7 Å². The zero-order chi connectivity index (χ0) is 17.6. The third-order valence-electron chi connectivity index (χ3n) is 3.24. The Morgan fingerprint density at radius 1 is 1.21 bits per heavy atom. The van der Waals surface area contributed by atoms with Crippen molar-refractivity contribution in [2.75, 3.05) is 17.7 Å². The van der Waals surface area contributed by atoms with Crippen LogP contribution in [0, 0.1) is 11.3 Å². The second-order valence-electron chi connectivity index (χ2n) is 4.83. The molecule has 0 saturated heterocycles. The van der Waals surface area contributed by atoms with Gasteiger partial charge < -0.3 is 10.1 Å². The van der Waals surface area contributed by atoms with Gasteiger partial charge in [-0.2, -0.15) is 5.26 Å². The monoisotopic (exact) mass is 344 g/mol. The van der Waals surface area contributed by atoms with E-state index in [0.717, 1.165) is 0 Å². The number of nitrogens with zero attached hydrogens (tertiary/aromatic N) is 1. The fraction of sp³-hybridized carbons (Fsp3) is 0.176. The van der Waals surface area contributed by atoms with Crippen molar-refractivity contribution in [2.45, 2.75) is 11.8 Å². The number of nitriles is 1. The molecule has 124 valence electrons. The lowest BCUT2D eigenvalue weighted by molar-refractivity contribution is 0.102. The summed E-state index contributed by atoms with van der Waals surface area (Å²) < 4.78 is 29.4. The molecule has 0 aliphatic carbocycles. The van der Waals surface area contributed by atoms with Gasteiger partial charge in [0.05, 0.1) is 16.2 Å². The second kappa shape index (κ2) is 7.62. The predicted octanol–water partition coefficient (Wildman–Crippen LogP) is 2.63. The summed E-state index contributed by atoms with van der Waals surface area (Å²) in [5.41, 5.74) is 0.529. The van der Waals surface area contributed by atoms with E-state index in [4.69, 9.17) is 10.00 Å². The highest BCUT2D eigenvalue weighted by molar-refractivity contribution is 7.91. The summed E-state index contributed by atoms with van der Waals surface area (Å²) in [4.78, 5) is 12.5. The highest BCUT2D eigenvalue weighted by Crippen LogP contribution is 2.21. The molecule has 2 aromatic carbocycles. The van der Waals surface area contributed by atoms with Gasteiger partial charge in [0, 0.05) is 11.8 Å². The highest BCUT2D eigenvalue weighted by Gasteiger charge is 2.20. The molecule has 0 unspecified atom stereocenters. The van der Waals surface area contributed by atoms with E-state index in [-0.39, 0.29) is 22.8 Å². The molecule has 0 heterocycles. The van der Waals surface area contributed by atoms with E-state index in [1.165, 1.54) is 19.1 Å². The van der Waals surface area contributed by atoms with Gasteiger partial charge in [0.2, 0.25) is 0 Å². The third-order valence-corrected chi connectivity index (χ3v) is 5.03. The normalized spacial score (nSPS) is 10.7. The molecule has 0 radical (unpaired) electrons. The molecule has 2 aromatic rings. The maximum Gasteiger partial charge on any atom is 0.256 e. The molecule has 0 aliphatic heterocycles. The summed E-state index contributed by atoms with van der Waals surface area (Å²) in [7, 11) is -3.51. The average molecular weight is 344 g/mol. The quantitative estimate of drug-likeness (QED) is 0.869. The van der Waals surface area contributed by atoms with Gasteiger partial charge in [-0.3, -0.25) is 4.79 Å². The van der Waals surface area contributed by atoms with E-state index in [0.29, 0.717) is 11.4 Å². The van der Waals surface area contributed by atoms with Crippen molar-refractivity contribution in [1.82, 2.24) is 0 Å². The number of hydrogen-bond donors (Lipinski definition) is 1. The van der Waals surface area contributed by atoms with Gasteiger partial charge in [-0.15, -0.1) is 0 Å². The number of nitrogens with one attached hydrogen (secondary N) is 1. The number of ether oxygens (including phenoxy) is 1. The zero-order valence-corrected chi connectivity index (χ0v) is 13.8. The van der Waals surface area contributed by atoms with Crippen molar-refractivity contribution >= 4 is 21.4 Å². The second-order valence-corrected chi connectivity index (χ2v) is 7.07. The molecule has 7 heteroatoms. The van der Waals surface area contributed by atoms with E-state index in [9.17, 15) is 13.2 Å². The summed E-state index contributed by atoms with van der Waals surface area (Å²) in [5, 5.41) is 11.2. The van der Waals surface area contributed by atoms with Crippen molar-refractivity contribution in [3.05, 3.63) is 54.1 Å². The van der Waals surface area contributed by atoms with Crippen molar-refractivity contribution in [2.24, 2.45) is 0 Å². The van der Waals surface area contributed by atoms with Crippen LogP contribution in [0.2, 0.25) is 0 Å². The van der Waals surface area contributed by atoms with Crippen molar-refractivity contribution in [3.8, 4) is 11.8 Å². The number of sulfone groups is 1. The number of rotatable bonds is 6. The molecule has 2 rings (SSSR count). The maximum absolute atomic E-state index is 12.5. The Morgan fingerprint density at radius 2 is 1.96 bits per heavy atom. The zero-order valence-electron chi connectivity index (χ0n) is 13.0. The largest absolute Gasteiger partial charge is 0.479 e. The average Bonchev–Trinajstić information content (AvgIpc) is 2.60. The van der Waals surface area contributed by atoms with Crippen molar-refractivity contribution in [3.63, 3.8) is 0 Å². The summed E-state index contributed by atoms with van der Waals surface area (Å²) in [6, 6.07) is 14.5. The number of carbonyl (C=O) groups is 1. The van der Waals surface area contributed by atoms with Gasteiger partial charge in [-0.25, -0.2) is 8.42 Å². The van der Waals surface area contributed by atoms with Crippen molar-refractivity contribution < 1.29 is 17.9 Å². The first kappa shape index (κ1) is 17.5. The van der Waals surface area contributed by atoms with Crippen LogP contribution in [0.15, 0.2) is 53.4 Å². The molecule has 0 fully saturated rings. The Hall–Kier alpha value is -2.85.